The zero-order valence-corrected chi connectivity index (χ0v) is 10.4. The monoisotopic (exact) mass is 222 g/mol. The average Bonchev–Trinajstić information content (AvgIpc) is 2.28. The fourth-order valence-corrected chi connectivity index (χ4v) is 1.95. The van der Waals surface area contributed by atoms with Crippen LogP contribution in [0.3, 0.4) is 0 Å². The molecule has 2 N–H and O–H groups in total. The highest BCUT2D eigenvalue weighted by Gasteiger charge is 2.17. The van der Waals surface area contributed by atoms with E-state index in [1.165, 1.54) is 10.6 Å². The van der Waals surface area contributed by atoms with Crippen LogP contribution in [-0.4, -0.2) is 29.4 Å². The summed E-state index contributed by atoms with van der Waals surface area (Å²) in [6.45, 7) is 5.02. The molecule has 0 fully saturated rings. The molecular weight excluding hydrogens is 200 g/mol. The summed E-state index contributed by atoms with van der Waals surface area (Å²) >= 11 is 0. The number of nitrogens with zero attached hydrogens (tertiary/aromatic N) is 1. The second-order valence-electron chi connectivity index (χ2n) is 4.20. The fourth-order valence-electron chi connectivity index (χ4n) is 1.95. The van der Waals surface area contributed by atoms with E-state index in [0.717, 1.165) is 13.0 Å². The van der Waals surface area contributed by atoms with Gasteiger partial charge in [-0.25, -0.2) is 0 Å². The van der Waals surface area contributed by atoms with E-state index in [0.29, 0.717) is 0 Å². The molecule has 1 aromatic rings. The average molecular weight is 222 g/mol. The third kappa shape index (κ3) is 3.93. The topological polar surface area (TPSA) is 35.5 Å². The lowest BCUT2D eigenvalue weighted by atomic mass is 10.1. The molecule has 0 spiro atoms. The van der Waals surface area contributed by atoms with Crippen molar-refractivity contribution in [3.8, 4) is 0 Å². The van der Waals surface area contributed by atoms with Crippen molar-refractivity contribution in [1.82, 2.24) is 10.4 Å². The molecule has 0 heterocycles. The Hall–Kier alpha value is -0.900. The molecule has 1 aromatic carbocycles. The molecule has 0 aliphatic carbocycles. The van der Waals surface area contributed by atoms with Gasteiger partial charge in [0.15, 0.2) is 0 Å². The van der Waals surface area contributed by atoms with Gasteiger partial charge in [0.05, 0.1) is 0 Å². The largest absolute Gasteiger partial charge is 0.314 e. The SMILES string of the molecule is CC[C@@H]([C@H](C)NCc1ccccc1)N(C)O. The quantitative estimate of drug-likeness (QED) is 0.725. The summed E-state index contributed by atoms with van der Waals surface area (Å²) in [4.78, 5) is 0. The Bertz CT molecular complexity index is 287. The smallest absolute Gasteiger partial charge is 0.0495 e. The first-order valence-corrected chi connectivity index (χ1v) is 5.84. The predicted molar refractivity (Wildman–Crippen MR) is 66.4 cm³/mol. The lowest BCUT2D eigenvalue weighted by molar-refractivity contribution is -0.111. The lowest BCUT2D eigenvalue weighted by Gasteiger charge is -2.28. The van der Waals surface area contributed by atoms with Crippen LogP contribution in [0.2, 0.25) is 0 Å². The third-order valence-electron chi connectivity index (χ3n) is 2.95. The summed E-state index contributed by atoms with van der Waals surface area (Å²) in [5.41, 5.74) is 1.27. The molecule has 2 atom stereocenters. The first-order valence-electron chi connectivity index (χ1n) is 5.84. The highest BCUT2D eigenvalue weighted by molar-refractivity contribution is 5.14. The number of hydrogen-bond acceptors (Lipinski definition) is 3. The van der Waals surface area contributed by atoms with Crippen molar-refractivity contribution in [2.75, 3.05) is 7.05 Å². The van der Waals surface area contributed by atoms with Gasteiger partial charge in [0, 0.05) is 25.7 Å². The number of hydroxylamine groups is 2. The van der Waals surface area contributed by atoms with Gasteiger partial charge in [0.1, 0.15) is 0 Å². The van der Waals surface area contributed by atoms with E-state index in [2.05, 4.69) is 31.3 Å². The number of rotatable bonds is 6. The van der Waals surface area contributed by atoms with E-state index >= 15 is 0 Å². The second-order valence-corrected chi connectivity index (χ2v) is 4.20. The summed E-state index contributed by atoms with van der Waals surface area (Å²) in [6.07, 6.45) is 0.927. The minimum Gasteiger partial charge on any atom is -0.314 e. The predicted octanol–water partition coefficient (Wildman–Crippen LogP) is 2.26. The Morgan fingerprint density at radius 2 is 1.94 bits per heavy atom. The van der Waals surface area contributed by atoms with Crippen LogP contribution >= 0.6 is 0 Å². The normalized spacial score (nSPS) is 15.1. The minimum atomic E-state index is 0.156. The van der Waals surface area contributed by atoms with Gasteiger partial charge in [-0.05, 0) is 18.9 Å². The maximum absolute atomic E-state index is 9.47. The van der Waals surface area contributed by atoms with Crippen molar-refractivity contribution in [3.05, 3.63) is 35.9 Å². The van der Waals surface area contributed by atoms with E-state index in [1.807, 2.05) is 18.2 Å². The second kappa shape index (κ2) is 6.63. The molecule has 0 amide bonds. The van der Waals surface area contributed by atoms with Crippen LogP contribution in [0.1, 0.15) is 25.8 Å². The lowest BCUT2D eigenvalue weighted by Crippen LogP contribution is -2.45. The molecule has 0 unspecified atom stereocenters. The van der Waals surface area contributed by atoms with Crippen molar-refractivity contribution >= 4 is 0 Å². The van der Waals surface area contributed by atoms with Crippen LogP contribution in [0, 0.1) is 0 Å². The van der Waals surface area contributed by atoms with Gasteiger partial charge < -0.3 is 10.5 Å². The van der Waals surface area contributed by atoms with Gasteiger partial charge in [-0.2, -0.15) is 5.06 Å². The molecule has 1 rings (SSSR count). The van der Waals surface area contributed by atoms with E-state index < -0.39 is 0 Å². The zero-order valence-electron chi connectivity index (χ0n) is 10.4. The van der Waals surface area contributed by atoms with Crippen molar-refractivity contribution in [3.63, 3.8) is 0 Å². The molecule has 3 heteroatoms. The van der Waals surface area contributed by atoms with E-state index in [9.17, 15) is 5.21 Å². The van der Waals surface area contributed by atoms with Crippen LogP contribution in [0.5, 0.6) is 0 Å². The molecule has 3 nitrogen and oxygen atoms in total. The van der Waals surface area contributed by atoms with Crippen LogP contribution in [-0.2, 0) is 6.54 Å². The Kier molecular flexibility index (Phi) is 5.46. The van der Waals surface area contributed by atoms with Gasteiger partial charge in [-0.15, -0.1) is 0 Å². The highest BCUT2D eigenvalue weighted by Crippen LogP contribution is 2.06. The first-order chi connectivity index (χ1) is 7.65. The molecule has 0 saturated carbocycles. The van der Waals surface area contributed by atoms with Gasteiger partial charge in [0.25, 0.3) is 0 Å². The standard InChI is InChI=1S/C13H22N2O/c1-4-13(15(3)16)11(2)14-10-12-8-6-5-7-9-12/h5-9,11,13-14,16H,4,10H2,1-3H3/t11-,13-/m0/s1. The van der Waals surface area contributed by atoms with Crippen molar-refractivity contribution in [1.29, 1.82) is 0 Å². The molecule has 0 aliphatic heterocycles. The maximum atomic E-state index is 9.47. The third-order valence-corrected chi connectivity index (χ3v) is 2.95. The molecular formula is C13H22N2O. The Labute approximate surface area is 98.0 Å². The summed E-state index contributed by atoms with van der Waals surface area (Å²) in [6, 6.07) is 10.7. The molecule has 0 bridgehead atoms. The molecule has 0 aromatic heterocycles. The number of hydrogen-bond donors (Lipinski definition) is 2. The molecule has 0 aliphatic rings. The van der Waals surface area contributed by atoms with Crippen molar-refractivity contribution in [2.24, 2.45) is 0 Å². The first kappa shape index (κ1) is 13.2. The number of likely N-dealkylation sites (N-methyl/N-ethyl adjacent to an activating group) is 1. The molecule has 90 valence electrons. The van der Waals surface area contributed by atoms with Crippen LogP contribution in [0.15, 0.2) is 30.3 Å². The van der Waals surface area contributed by atoms with Gasteiger partial charge >= 0.3 is 0 Å². The zero-order chi connectivity index (χ0) is 12.0. The van der Waals surface area contributed by atoms with Gasteiger partial charge in [-0.3, -0.25) is 0 Å². The minimum absolute atomic E-state index is 0.156. The van der Waals surface area contributed by atoms with Gasteiger partial charge in [-0.1, -0.05) is 37.3 Å². The fraction of sp³-hybridized carbons (Fsp3) is 0.538. The Morgan fingerprint density at radius 3 is 2.44 bits per heavy atom. The maximum Gasteiger partial charge on any atom is 0.0495 e. The molecule has 0 radical (unpaired) electrons. The number of benzene rings is 1. The molecule has 0 saturated heterocycles. The molecule has 16 heavy (non-hydrogen) atoms. The summed E-state index contributed by atoms with van der Waals surface area (Å²) < 4.78 is 0. The van der Waals surface area contributed by atoms with Crippen LogP contribution in [0.4, 0.5) is 0 Å². The van der Waals surface area contributed by atoms with Crippen molar-refractivity contribution in [2.45, 2.75) is 38.9 Å². The summed E-state index contributed by atoms with van der Waals surface area (Å²) in [7, 11) is 1.70. The van der Waals surface area contributed by atoms with E-state index in [-0.39, 0.29) is 12.1 Å². The summed E-state index contributed by atoms with van der Waals surface area (Å²) in [5.74, 6) is 0. The Balaban J connectivity index is 2.43. The van der Waals surface area contributed by atoms with Crippen LogP contribution < -0.4 is 5.32 Å². The Morgan fingerprint density at radius 1 is 1.31 bits per heavy atom. The van der Waals surface area contributed by atoms with E-state index in [1.54, 1.807) is 7.05 Å². The van der Waals surface area contributed by atoms with Gasteiger partial charge in [0.2, 0.25) is 0 Å². The number of nitrogens with one attached hydrogen (secondary N) is 1. The van der Waals surface area contributed by atoms with Crippen molar-refractivity contribution < 1.29 is 5.21 Å². The highest BCUT2D eigenvalue weighted by atomic mass is 16.5. The van der Waals surface area contributed by atoms with E-state index in [4.69, 9.17) is 0 Å². The summed E-state index contributed by atoms with van der Waals surface area (Å²) in [5, 5.41) is 14.2. The van der Waals surface area contributed by atoms with Crippen LogP contribution in [0.25, 0.3) is 0 Å².